The summed E-state index contributed by atoms with van der Waals surface area (Å²) in [5, 5.41) is 3.46. The highest BCUT2D eigenvalue weighted by Gasteiger charge is 2.10. The van der Waals surface area contributed by atoms with Gasteiger partial charge in [-0.2, -0.15) is 0 Å². The molecule has 2 aromatic rings. The molecule has 2 heterocycles. The van der Waals surface area contributed by atoms with Crippen LogP contribution in [0.4, 0.5) is 5.82 Å². The predicted molar refractivity (Wildman–Crippen MR) is 87.2 cm³/mol. The zero-order valence-electron chi connectivity index (χ0n) is 13.3. The molecule has 0 amide bonds. The Bertz CT molecular complexity index is 561. The summed E-state index contributed by atoms with van der Waals surface area (Å²) < 4.78 is 0. The average Bonchev–Trinajstić information content (AvgIpc) is 2.46. The van der Waals surface area contributed by atoms with Crippen molar-refractivity contribution in [1.29, 1.82) is 0 Å². The fourth-order valence-electron chi connectivity index (χ4n) is 1.98. The van der Waals surface area contributed by atoms with Crippen molar-refractivity contribution in [1.82, 2.24) is 15.3 Å². The minimum Gasteiger partial charge on any atom is -0.355 e. The van der Waals surface area contributed by atoms with E-state index in [9.17, 15) is 0 Å². The molecule has 0 fully saturated rings. The lowest BCUT2D eigenvalue weighted by atomic mass is 10.1. The van der Waals surface area contributed by atoms with Gasteiger partial charge in [-0.05, 0) is 50.6 Å². The number of hydrogen-bond donors (Lipinski definition) is 1. The third-order valence-corrected chi connectivity index (χ3v) is 3.15. The van der Waals surface area contributed by atoms with Crippen LogP contribution in [0.2, 0.25) is 0 Å². The Morgan fingerprint density at radius 2 is 1.81 bits per heavy atom. The summed E-state index contributed by atoms with van der Waals surface area (Å²) in [6.07, 6.45) is 3.64. The Kier molecular flexibility index (Phi) is 4.91. The molecule has 0 atom stereocenters. The smallest absolute Gasteiger partial charge is 0.128 e. The average molecular weight is 284 g/mol. The van der Waals surface area contributed by atoms with E-state index in [1.54, 1.807) is 0 Å². The van der Waals surface area contributed by atoms with Crippen molar-refractivity contribution in [3.05, 3.63) is 54.0 Å². The molecule has 0 saturated heterocycles. The first-order valence-corrected chi connectivity index (χ1v) is 7.25. The van der Waals surface area contributed by atoms with Crippen molar-refractivity contribution in [3.8, 4) is 0 Å². The van der Waals surface area contributed by atoms with Crippen molar-refractivity contribution in [3.63, 3.8) is 0 Å². The van der Waals surface area contributed by atoms with E-state index in [1.165, 1.54) is 5.56 Å². The van der Waals surface area contributed by atoms with Crippen LogP contribution >= 0.6 is 0 Å². The van der Waals surface area contributed by atoms with Crippen molar-refractivity contribution in [2.75, 3.05) is 11.9 Å². The largest absolute Gasteiger partial charge is 0.355 e. The second-order valence-electron chi connectivity index (χ2n) is 6.30. The summed E-state index contributed by atoms with van der Waals surface area (Å²) in [6, 6.07) is 10.2. The van der Waals surface area contributed by atoms with Gasteiger partial charge in [0.2, 0.25) is 0 Å². The summed E-state index contributed by atoms with van der Waals surface area (Å²) in [7, 11) is 2.06. The number of anilines is 1. The van der Waals surface area contributed by atoms with Crippen LogP contribution in [0.1, 0.15) is 32.0 Å². The Balaban J connectivity index is 2.03. The molecule has 0 aliphatic rings. The van der Waals surface area contributed by atoms with Crippen LogP contribution < -0.4 is 10.2 Å². The van der Waals surface area contributed by atoms with Crippen LogP contribution in [-0.4, -0.2) is 22.6 Å². The van der Waals surface area contributed by atoms with Crippen molar-refractivity contribution in [2.24, 2.45) is 0 Å². The lowest BCUT2D eigenvalue weighted by Crippen LogP contribution is -2.35. The van der Waals surface area contributed by atoms with Gasteiger partial charge in [0, 0.05) is 38.1 Å². The SMILES string of the molecule is CN(Cc1ccncc1)c1cccc(CNC(C)(C)C)n1. The monoisotopic (exact) mass is 284 g/mol. The maximum atomic E-state index is 4.72. The molecule has 2 rings (SSSR count). The van der Waals surface area contributed by atoms with Crippen LogP contribution in [0.15, 0.2) is 42.7 Å². The third kappa shape index (κ3) is 5.16. The summed E-state index contributed by atoms with van der Waals surface area (Å²) in [6.45, 7) is 8.08. The molecule has 0 saturated carbocycles. The predicted octanol–water partition coefficient (Wildman–Crippen LogP) is 3.00. The molecule has 0 unspecified atom stereocenters. The van der Waals surface area contributed by atoms with Crippen LogP contribution in [0, 0.1) is 0 Å². The van der Waals surface area contributed by atoms with Crippen LogP contribution in [-0.2, 0) is 13.1 Å². The molecule has 1 N–H and O–H groups in total. The molecule has 0 radical (unpaired) electrons. The van der Waals surface area contributed by atoms with Crippen molar-refractivity contribution >= 4 is 5.82 Å². The third-order valence-electron chi connectivity index (χ3n) is 3.15. The number of nitrogens with zero attached hydrogens (tertiary/aromatic N) is 3. The van der Waals surface area contributed by atoms with E-state index < -0.39 is 0 Å². The highest BCUT2D eigenvalue weighted by molar-refractivity contribution is 5.39. The van der Waals surface area contributed by atoms with E-state index in [0.29, 0.717) is 0 Å². The number of pyridine rings is 2. The molecule has 0 spiro atoms. The first-order chi connectivity index (χ1) is 9.94. The van der Waals surface area contributed by atoms with E-state index in [-0.39, 0.29) is 5.54 Å². The number of nitrogens with one attached hydrogen (secondary N) is 1. The van der Waals surface area contributed by atoms with Crippen molar-refractivity contribution in [2.45, 2.75) is 39.4 Å². The quantitative estimate of drug-likeness (QED) is 0.916. The summed E-state index contributed by atoms with van der Waals surface area (Å²) >= 11 is 0. The van der Waals surface area contributed by atoms with E-state index >= 15 is 0 Å². The van der Waals surface area contributed by atoms with Crippen molar-refractivity contribution < 1.29 is 0 Å². The molecule has 0 aliphatic carbocycles. The Morgan fingerprint density at radius 3 is 2.48 bits per heavy atom. The van der Waals surface area contributed by atoms with Gasteiger partial charge < -0.3 is 10.2 Å². The standard InChI is InChI=1S/C17H24N4/c1-17(2,3)19-12-15-6-5-7-16(20-15)21(4)13-14-8-10-18-11-9-14/h5-11,19H,12-13H2,1-4H3. The first-order valence-electron chi connectivity index (χ1n) is 7.25. The van der Waals surface area contributed by atoms with Gasteiger partial charge in [-0.25, -0.2) is 4.98 Å². The van der Waals surface area contributed by atoms with Gasteiger partial charge in [-0.15, -0.1) is 0 Å². The number of hydrogen-bond acceptors (Lipinski definition) is 4. The normalized spacial score (nSPS) is 11.4. The molecule has 4 heteroatoms. The Labute approximate surface area is 127 Å². The molecule has 2 aromatic heterocycles. The van der Waals surface area contributed by atoms with E-state index in [1.807, 2.05) is 30.6 Å². The molecule has 0 aromatic carbocycles. The highest BCUT2D eigenvalue weighted by Crippen LogP contribution is 2.13. The van der Waals surface area contributed by atoms with E-state index in [2.05, 4.69) is 55.2 Å². The zero-order valence-corrected chi connectivity index (χ0v) is 13.3. The topological polar surface area (TPSA) is 41.1 Å². The molecule has 0 aliphatic heterocycles. The van der Waals surface area contributed by atoms with Gasteiger partial charge in [0.25, 0.3) is 0 Å². The minimum absolute atomic E-state index is 0.0978. The van der Waals surface area contributed by atoms with Gasteiger partial charge >= 0.3 is 0 Å². The second kappa shape index (κ2) is 6.68. The van der Waals surface area contributed by atoms with Gasteiger partial charge in [0.05, 0.1) is 5.69 Å². The summed E-state index contributed by atoms with van der Waals surface area (Å²) in [5.41, 5.74) is 2.39. The molecule has 112 valence electrons. The van der Waals surface area contributed by atoms with Crippen LogP contribution in [0.5, 0.6) is 0 Å². The number of rotatable bonds is 5. The Morgan fingerprint density at radius 1 is 1.10 bits per heavy atom. The highest BCUT2D eigenvalue weighted by atomic mass is 15.2. The second-order valence-corrected chi connectivity index (χ2v) is 6.30. The summed E-state index contributed by atoms with van der Waals surface area (Å²) in [4.78, 5) is 10.9. The molecular formula is C17H24N4. The van der Waals surface area contributed by atoms with Crippen LogP contribution in [0.3, 0.4) is 0 Å². The summed E-state index contributed by atoms with van der Waals surface area (Å²) in [5.74, 6) is 0.986. The van der Waals surface area contributed by atoms with Gasteiger partial charge in [0.15, 0.2) is 0 Å². The maximum absolute atomic E-state index is 4.72. The Hall–Kier alpha value is -1.94. The lowest BCUT2D eigenvalue weighted by Gasteiger charge is -2.22. The molecule has 21 heavy (non-hydrogen) atoms. The zero-order chi connectivity index (χ0) is 15.3. The fourth-order valence-corrected chi connectivity index (χ4v) is 1.98. The van der Waals surface area contributed by atoms with E-state index in [4.69, 9.17) is 4.98 Å². The minimum atomic E-state index is 0.0978. The molecule has 0 bridgehead atoms. The van der Waals surface area contributed by atoms with Gasteiger partial charge in [0.1, 0.15) is 5.82 Å². The molecule has 4 nitrogen and oxygen atoms in total. The fraction of sp³-hybridized carbons (Fsp3) is 0.412. The maximum Gasteiger partial charge on any atom is 0.128 e. The lowest BCUT2D eigenvalue weighted by molar-refractivity contribution is 0.421. The molecular weight excluding hydrogens is 260 g/mol. The van der Waals surface area contributed by atoms with Gasteiger partial charge in [-0.3, -0.25) is 4.98 Å². The number of aromatic nitrogens is 2. The van der Waals surface area contributed by atoms with E-state index in [0.717, 1.165) is 24.6 Å². The van der Waals surface area contributed by atoms with Crippen LogP contribution in [0.25, 0.3) is 0 Å². The van der Waals surface area contributed by atoms with Gasteiger partial charge in [-0.1, -0.05) is 6.07 Å². The first kappa shape index (κ1) is 15.4.